The maximum absolute atomic E-state index is 14.3. The second kappa shape index (κ2) is 7.78. The van der Waals surface area contributed by atoms with Crippen molar-refractivity contribution in [1.82, 2.24) is 0 Å². The summed E-state index contributed by atoms with van der Waals surface area (Å²) in [6, 6.07) is 4.28. The summed E-state index contributed by atoms with van der Waals surface area (Å²) in [5, 5.41) is 2.49. The van der Waals surface area contributed by atoms with Crippen LogP contribution in [0.3, 0.4) is 0 Å². The summed E-state index contributed by atoms with van der Waals surface area (Å²) in [6.07, 6.45) is -3.20. The van der Waals surface area contributed by atoms with Crippen LogP contribution in [0, 0.1) is 11.7 Å². The molecule has 5 nitrogen and oxygen atoms in total. The molecule has 0 aromatic heterocycles. The zero-order valence-corrected chi connectivity index (χ0v) is 15.7. The maximum atomic E-state index is 14.3. The second-order valence-electron chi connectivity index (χ2n) is 7.98. The van der Waals surface area contributed by atoms with Crippen LogP contribution in [0.5, 0.6) is 0 Å². The lowest BCUT2D eigenvalue weighted by molar-refractivity contribution is -0.130. The van der Waals surface area contributed by atoms with Crippen molar-refractivity contribution in [3.63, 3.8) is 0 Å². The first-order valence-corrected chi connectivity index (χ1v) is 8.84. The maximum Gasteiger partial charge on any atom is 0.405 e. The molecule has 0 bridgehead atoms. The lowest BCUT2D eigenvalue weighted by Gasteiger charge is -2.32. The summed E-state index contributed by atoms with van der Waals surface area (Å²) < 4.78 is 45.9. The van der Waals surface area contributed by atoms with Crippen LogP contribution in [0.25, 0.3) is 0 Å². The van der Waals surface area contributed by atoms with E-state index in [2.05, 4.69) is 5.32 Å². The number of nitrogens with two attached hydrogens (primary N) is 1. The molecule has 1 fully saturated rings. The number of hydrogen-bond donors (Lipinski definition) is 2. The third-order valence-corrected chi connectivity index (χ3v) is 4.74. The number of ether oxygens (including phenoxy) is 1. The number of rotatable bonds is 4. The molecule has 3 N–H and O–H groups in total. The molecular formula is C19H25F3N2O3. The van der Waals surface area contributed by atoms with Crippen LogP contribution >= 0.6 is 0 Å². The summed E-state index contributed by atoms with van der Waals surface area (Å²) >= 11 is 0. The Labute approximate surface area is 156 Å². The van der Waals surface area contributed by atoms with Crippen LogP contribution in [-0.4, -0.2) is 24.0 Å². The first-order chi connectivity index (χ1) is 12.4. The molecule has 8 heteroatoms. The standard InChI is InChI=1S/C19H25F3N2O3/c1-18(2,3)13-5-4-12(10-14(13)20)24-16(25)15(27-17(23)26)11-6-8-19(21,22)9-7-11/h4-5,10-11,15H,6-9H2,1-3H3,(H2,23,26)(H,24,25)/t15-/m0/s1. The molecule has 0 unspecified atom stereocenters. The minimum absolute atomic E-state index is 0.0235. The summed E-state index contributed by atoms with van der Waals surface area (Å²) in [6.45, 7) is 5.58. The topological polar surface area (TPSA) is 81.4 Å². The van der Waals surface area contributed by atoms with Gasteiger partial charge < -0.3 is 15.8 Å². The highest BCUT2D eigenvalue weighted by Gasteiger charge is 2.41. The Morgan fingerprint density at radius 3 is 2.33 bits per heavy atom. The van der Waals surface area contributed by atoms with E-state index in [9.17, 15) is 22.8 Å². The molecule has 1 saturated carbocycles. The van der Waals surface area contributed by atoms with Gasteiger partial charge in [0.2, 0.25) is 5.92 Å². The minimum atomic E-state index is -2.78. The van der Waals surface area contributed by atoms with Crippen LogP contribution in [0.2, 0.25) is 0 Å². The number of carbonyl (C=O) groups is 2. The van der Waals surface area contributed by atoms with E-state index < -0.39 is 54.0 Å². The van der Waals surface area contributed by atoms with E-state index >= 15 is 0 Å². The van der Waals surface area contributed by atoms with Crippen LogP contribution < -0.4 is 11.1 Å². The van der Waals surface area contributed by atoms with Crippen molar-refractivity contribution in [2.45, 2.75) is 63.9 Å². The molecule has 1 aliphatic rings. The molecule has 0 saturated heterocycles. The number of benzene rings is 1. The number of nitrogens with one attached hydrogen (secondary N) is 1. The largest absolute Gasteiger partial charge is 0.436 e. The van der Waals surface area contributed by atoms with Gasteiger partial charge in [-0.05, 0) is 36.0 Å². The van der Waals surface area contributed by atoms with Crippen LogP contribution in [0.1, 0.15) is 52.0 Å². The van der Waals surface area contributed by atoms with Gasteiger partial charge >= 0.3 is 6.09 Å². The van der Waals surface area contributed by atoms with E-state index in [1.165, 1.54) is 12.1 Å². The third-order valence-electron chi connectivity index (χ3n) is 4.74. The highest BCUT2D eigenvalue weighted by atomic mass is 19.3. The zero-order chi connectivity index (χ0) is 20.4. The van der Waals surface area contributed by atoms with Crippen molar-refractivity contribution in [2.75, 3.05) is 5.32 Å². The molecule has 0 heterocycles. The van der Waals surface area contributed by atoms with Crippen molar-refractivity contribution in [3.05, 3.63) is 29.6 Å². The summed E-state index contributed by atoms with van der Waals surface area (Å²) in [5.41, 5.74) is 5.29. The third kappa shape index (κ3) is 5.61. The smallest absolute Gasteiger partial charge is 0.405 e. The fourth-order valence-corrected chi connectivity index (χ4v) is 3.27. The average molecular weight is 386 g/mol. The molecule has 0 spiro atoms. The highest BCUT2D eigenvalue weighted by Crippen LogP contribution is 2.38. The minimum Gasteiger partial charge on any atom is -0.436 e. The Hall–Kier alpha value is -2.25. The van der Waals surface area contributed by atoms with E-state index in [1.807, 2.05) is 20.8 Å². The van der Waals surface area contributed by atoms with E-state index in [1.54, 1.807) is 6.07 Å². The fourth-order valence-electron chi connectivity index (χ4n) is 3.27. The predicted molar refractivity (Wildman–Crippen MR) is 95.1 cm³/mol. The monoisotopic (exact) mass is 386 g/mol. The lowest BCUT2D eigenvalue weighted by Crippen LogP contribution is -2.42. The second-order valence-corrected chi connectivity index (χ2v) is 7.98. The fraction of sp³-hybridized carbons (Fsp3) is 0.579. The molecule has 0 aliphatic heterocycles. The number of alkyl halides is 2. The number of primary amides is 1. The van der Waals surface area contributed by atoms with Crippen molar-refractivity contribution in [2.24, 2.45) is 11.7 Å². The van der Waals surface area contributed by atoms with Crippen molar-refractivity contribution >= 4 is 17.7 Å². The molecule has 150 valence electrons. The number of halogens is 3. The Balaban J connectivity index is 2.14. The van der Waals surface area contributed by atoms with Gasteiger partial charge in [0, 0.05) is 24.4 Å². The molecule has 1 atom stereocenters. The van der Waals surface area contributed by atoms with Crippen molar-refractivity contribution in [1.29, 1.82) is 0 Å². The summed E-state index contributed by atoms with van der Waals surface area (Å²) in [4.78, 5) is 23.7. The van der Waals surface area contributed by atoms with Gasteiger partial charge in [-0.1, -0.05) is 26.8 Å². The molecule has 1 aromatic carbocycles. The molecule has 2 amide bonds. The van der Waals surface area contributed by atoms with E-state index in [4.69, 9.17) is 10.5 Å². The zero-order valence-electron chi connectivity index (χ0n) is 15.7. The van der Waals surface area contributed by atoms with Crippen molar-refractivity contribution in [3.8, 4) is 0 Å². The van der Waals surface area contributed by atoms with Crippen LogP contribution in [-0.2, 0) is 14.9 Å². The Morgan fingerprint density at radius 1 is 1.26 bits per heavy atom. The molecular weight excluding hydrogens is 361 g/mol. The quantitative estimate of drug-likeness (QED) is 0.807. The van der Waals surface area contributed by atoms with Gasteiger partial charge in [-0.2, -0.15) is 0 Å². The lowest BCUT2D eigenvalue weighted by atomic mass is 9.83. The van der Waals surface area contributed by atoms with Gasteiger partial charge in [-0.25, -0.2) is 18.0 Å². The van der Waals surface area contributed by atoms with Gasteiger partial charge in [0.25, 0.3) is 5.91 Å². The Morgan fingerprint density at radius 2 is 1.85 bits per heavy atom. The summed E-state index contributed by atoms with van der Waals surface area (Å²) in [5.74, 6) is -4.55. The number of amides is 2. The molecule has 2 rings (SSSR count). The number of carbonyl (C=O) groups excluding carboxylic acids is 2. The Bertz CT molecular complexity index is 707. The first-order valence-electron chi connectivity index (χ1n) is 8.84. The predicted octanol–water partition coefficient (Wildman–Crippen LogP) is 4.35. The van der Waals surface area contributed by atoms with Gasteiger partial charge in [0.05, 0.1) is 0 Å². The number of hydrogen-bond acceptors (Lipinski definition) is 3. The first kappa shape index (κ1) is 21.1. The van der Waals surface area contributed by atoms with Gasteiger partial charge in [0.15, 0.2) is 6.10 Å². The highest BCUT2D eigenvalue weighted by molar-refractivity contribution is 5.95. The van der Waals surface area contributed by atoms with Crippen LogP contribution in [0.15, 0.2) is 18.2 Å². The summed E-state index contributed by atoms with van der Waals surface area (Å²) in [7, 11) is 0. The Kier molecular flexibility index (Phi) is 6.07. The number of anilines is 1. The van der Waals surface area contributed by atoms with E-state index in [0.29, 0.717) is 5.56 Å². The normalized spacial score (nSPS) is 18.6. The SMILES string of the molecule is CC(C)(C)c1ccc(NC(=O)[C@@H](OC(N)=O)C2CCC(F)(F)CC2)cc1F. The van der Waals surface area contributed by atoms with Gasteiger partial charge in [-0.3, -0.25) is 4.79 Å². The van der Waals surface area contributed by atoms with E-state index in [-0.39, 0.29) is 18.5 Å². The van der Waals surface area contributed by atoms with Crippen molar-refractivity contribution < 1.29 is 27.5 Å². The average Bonchev–Trinajstić information content (AvgIpc) is 2.51. The van der Waals surface area contributed by atoms with Gasteiger partial charge in [-0.15, -0.1) is 0 Å². The van der Waals surface area contributed by atoms with Gasteiger partial charge in [0.1, 0.15) is 5.82 Å². The van der Waals surface area contributed by atoms with Crippen LogP contribution in [0.4, 0.5) is 23.7 Å². The molecule has 1 aliphatic carbocycles. The molecule has 27 heavy (non-hydrogen) atoms. The van der Waals surface area contributed by atoms with E-state index in [0.717, 1.165) is 0 Å². The molecule has 0 radical (unpaired) electrons. The molecule has 1 aromatic rings.